The molecule has 0 aromatic carbocycles. The number of rotatable bonds is 5. The van der Waals surface area contributed by atoms with Crippen LogP contribution in [-0.2, 0) is 9.53 Å². The lowest BCUT2D eigenvalue weighted by atomic mass is 10.2. The minimum Gasteiger partial charge on any atom is -0.469 e. The van der Waals surface area contributed by atoms with Crippen LogP contribution < -0.4 is 5.32 Å². The van der Waals surface area contributed by atoms with Gasteiger partial charge in [-0.3, -0.25) is 4.79 Å². The summed E-state index contributed by atoms with van der Waals surface area (Å²) in [6.45, 7) is 0.189. The fourth-order valence-corrected chi connectivity index (χ4v) is 1.35. The molecule has 1 aliphatic carbocycles. The lowest BCUT2D eigenvalue weighted by molar-refractivity contribution is -0.165. The van der Waals surface area contributed by atoms with Crippen molar-refractivity contribution in [1.82, 2.24) is 5.32 Å². The molecule has 88 valence electrons. The van der Waals surface area contributed by atoms with Gasteiger partial charge in [0.1, 0.15) is 5.54 Å². The van der Waals surface area contributed by atoms with Crippen molar-refractivity contribution in [2.45, 2.75) is 37.4 Å². The number of methoxy groups -OCH3 is 1. The first-order chi connectivity index (χ1) is 6.91. The molecular formula is C9H14F3NO2. The molecule has 0 unspecified atom stereocenters. The minimum absolute atomic E-state index is 0.134. The predicted molar refractivity (Wildman–Crippen MR) is 47.3 cm³/mol. The smallest absolute Gasteiger partial charge is 0.406 e. The Morgan fingerprint density at radius 2 is 2.07 bits per heavy atom. The van der Waals surface area contributed by atoms with Crippen LogP contribution in [0, 0.1) is 0 Å². The Balaban J connectivity index is 2.18. The number of carbonyl (C=O) groups excluding carboxylic acids is 1. The van der Waals surface area contributed by atoms with Crippen LogP contribution >= 0.6 is 0 Å². The van der Waals surface area contributed by atoms with E-state index < -0.39 is 17.7 Å². The standard InChI is InChI=1S/C9H14F3NO2/c1-15-7(14)3-2-6-13-8(4-5-8)9(10,11)12/h13H,2-6H2,1H3. The molecule has 0 radical (unpaired) electrons. The maximum absolute atomic E-state index is 12.4. The molecule has 15 heavy (non-hydrogen) atoms. The summed E-state index contributed by atoms with van der Waals surface area (Å²) < 4.78 is 41.6. The van der Waals surface area contributed by atoms with Crippen molar-refractivity contribution in [3.8, 4) is 0 Å². The Labute approximate surface area is 86.0 Å². The second kappa shape index (κ2) is 4.38. The summed E-state index contributed by atoms with van der Waals surface area (Å²) in [5.74, 6) is -0.395. The maximum atomic E-state index is 12.4. The highest BCUT2D eigenvalue weighted by Gasteiger charge is 2.62. The third-order valence-electron chi connectivity index (χ3n) is 2.54. The van der Waals surface area contributed by atoms with Crippen molar-refractivity contribution < 1.29 is 22.7 Å². The predicted octanol–water partition coefficient (Wildman–Crippen LogP) is 1.62. The van der Waals surface area contributed by atoms with E-state index in [2.05, 4.69) is 10.1 Å². The Bertz CT molecular complexity index is 236. The lowest BCUT2D eigenvalue weighted by Gasteiger charge is -2.20. The van der Waals surface area contributed by atoms with Crippen LogP contribution in [0.4, 0.5) is 13.2 Å². The first-order valence-corrected chi connectivity index (χ1v) is 4.80. The van der Waals surface area contributed by atoms with Crippen molar-refractivity contribution in [3.05, 3.63) is 0 Å². The molecule has 0 aromatic heterocycles. The summed E-state index contributed by atoms with van der Waals surface area (Å²) in [4.78, 5) is 10.7. The van der Waals surface area contributed by atoms with Crippen molar-refractivity contribution in [2.24, 2.45) is 0 Å². The highest BCUT2D eigenvalue weighted by molar-refractivity contribution is 5.69. The van der Waals surface area contributed by atoms with Crippen molar-refractivity contribution in [2.75, 3.05) is 13.7 Å². The molecular weight excluding hydrogens is 211 g/mol. The number of hydrogen-bond acceptors (Lipinski definition) is 3. The van der Waals surface area contributed by atoms with Crippen LogP contribution in [-0.4, -0.2) is 31.3 Å². The van der Waals surface area contributed by atoms with Crippen LogP contribution in [0.5, 0.6) is 0 Å². The molecule has 0 aromatic rings. The first-order valence-electron chi connectivity index (χ1n) is 4.80. The van der Waals surface area contributed by atoms with E-state index in [0.29, 0.717) is 6.42 Å². The largest absolute Gasteiger partial charge is 0.469 e. The molecule has 1 N–H and O–H groups in total. The molecule has 0 bridgehead atoms. The fourth-order valence-electron chi connectivity index (χ4n) is 1.35. The first kappa shape index (κ1) is 12.3. The van der Waals surface area contributed by atoms with Gasteiger partial charge < -0.3 is 10.1 Å². The minimum atomic E-state index is -4.18. The number of halogens is 3. The average molecular weight is 225 g/mol. The van der Waals surface area contributed by atoms with Gasteiger partial charge in [-0.15, -0.1) is 0 Å². The van der Waals surface area contributed by atoms with Gasteiger partial charge in [0.25, 0.3) is 0 Å². The highest BCUT2D eigenvalue weighted by atomic mass is 19.4. The van der Waals surface area contributed by atoms with Gasteiger partial charge in [0, 0.05) is 6.42 Å². The number of ether oxygens (including phenoxy) is 1. The summed E-state index contributed by atoms with van der Waals surface area (Å²) in [5.41, 5.74) is -1.68. The van der Waals surface area contributed by atoms with Gasteiger partial charge in [-0.1, -0.05) is 0 Å². The van der Waals surface area contributed by atoms with E-state index in [1.165, 1.54) is 7.11 Å². The van der Waals surface area contributed by atoms with E-state index >= 15 is 0 Å². The molecule has 0 spiro atoms. The zero-order chi connectivity index (χ0) is 11.5. The quantitative estimate of drug-likeness (QED) is 0.570. The molecule has 1 fully saturated rings. The molecule has 1 saturated carbocycles. The second-order valence-corrected chi connectivity index (χ2v) is 3.69. The van der Waals surface area contributed by atoms with Gasteiger partial charge in [0.2, 0.25) is 0 Å². The summed E-state index contributed by atoms with van der Waals surface area (Å²) in [7, 11) is 1.26. The third kappa shape index (κ3) is 3.09. The Hall–Kier alpha value is -0.780. The number of esters is 1. The van der Waals surface area contributed by atoms with Crippen LogP contribution in [0.2, 0.25) is 0 Å². The molecule has 0 saturated heterocycles. The van der Waals surface area contributed by atoms with E-state index in [0.717, 1.165) is 0 Å². The van der Waals surface area contributed by atoms with Gasteiger partial charge >= 0.3 is 12.1 Å². The Morgan fingerprint density at radius 3 is 2.47 bits per heavy atom. The van der Waals surface area contributed by atoms with Crippen LogP contribution in [0.15, 0.2) is 0 Å². The molecule has 0 aliphatic heterocycles. The zero-order valence-corrected chi connectivity index (χ0v) is 8.49. The number of carbonyl (C=O) groups is 1. The van der Waals surface area contributed by atoms with E-state index in [9.17, 15) is 18.0 Å². The summed E-state index contributed by atoms with van der Waals surface area (Å²) in [5, 5.41) is 2.46. The average Bonchev–Trinajstić information content (AvgIpc) is 2.92. The molecule has 1 rings (SSSR count). The maximum Gasteiger partial charge on any atom is 0.406 e. The normalized spacial score (nSPS) is 18.7. The molecule has 6 heteroatoms. The van der Waals surface area contributed by atoms with E-state index in [1.807, 2.05) is 0 Å². The van der Waals surface area contributed by atoms with Gasteiger partial charge in [-0.25, -0.2) is 0 Å². The topological polar surface area (TPSA) is 38.3 Å². The van der Waals surface area contributed by atoms with Gasteiger partial charge in [0.05, 0.1) is 7.11 Å². The SMILES string of the molecule is COC(=O)CCCNC1(C(F)(F)F)CC1. The van der Waals surface area contributed by atoms with E-state index in [1.54, 1.807) is 0 Å². The number of alkyl halides is 3. The van der Waals surface area contributed by atoms with Crippen molar-refractivity contribution in [1.29, 1.82) is 0 Å². The van der Waals surface area contributed by atoms with Crippen LogP contribution in [0.25, 0.3) is 0 Å². The zero-order valence-electron chi connectivity index (χ0n) is 8.49. The number of nitrogens with one attached hydrogen (secondary N) is 1. The summed E-state index contributed by atoms with van der Waals surface area (Å²) in [6, 6.07) is 0. The van der Waals surface area contributed by atoms with Crippen molar-refractivity contribution in [3.63, 3.8) is 0 Å². The highest BCUT2D eigenvalue weighted by Crippen LogP contribution is 2.48. The second-order valence-electron chi connectivity index (χ2n) is 3.69. The monoisotopic (exact) mass is 225 g/mol. The Kier molecular flexibility index (Phi) is 3.59. The van der Waals surface area contributed by atoms with Gasteiger partial charge in [0.15, 0.2) is 0 Å². The Morgan fingerprint density at radius 1 is 1.47 bits per heavy atom. The van der Waals surface area contributed by atoms with Gasteiger partial charge in [-0.2, -0.15) is 13.2 Å². The molecule has 1 aliphatic rings. The summed E-state index contributed by atoms with van der Waals surface area (Å²) >= 11 is 0. The molecule has 0 heterocycles. The van der Waals surface area contributed by atoms with E-state index in [4.69, 9.17) is 0 Å². The van der Waals surface area contributed by atoms with Crippen LogP contribution in [0.1, 0.15) is 25.7 Å². The molecule has 0 amide bonds. The van der Waals surface area contributed by atoms with Crippen LogP contribution in [0.3, 0.4) is 0 Å². The number of hydrogen-bond donors (Lipinski definition) is 1. The molecule has 0 atom stereocenters. The van der Waals surface area contributed by atoms with E-state index in [-0.39, 0.29) is 25.8 Å². The van der Waals surface area contributed by atoms with Gasteiger partial charge in [-0.05, 0) is 25.8 Å². The van der Waals surface area contributed by atoms with Crippen molar-refractivity contribution >= 4 is 5.97 Å². The summed E-state index contributed by atoms with van der Waals surface area (Å²) in [6.07, 6.45) is -3.40. The lowest BCUT2D eigenvalue weighted by Crippen LogP contribution is -2.45. The molecule has 3 nitrogen and oxygen atoms in total. The fraction of sp³-hybridized carbons (Fsp3) is 0.889. The third-order valence-corrected chi connectivity index (χ3v) is 2.54.